The number of phenolic OH excluding ortho intramolecular Hbond substituents is 3. The quantitative estimate of drug-likeness (QED) is 0.415. The smallest absolute Gasteiger partial charge is 0.295 e. The van der Waals surface area contributed by atoms with E-state index in [0.29, 0.717) is 0 Å². The van der Waals surface area contributed by atoms with Gasteiger partial charge < -0.3 is 21.1 Å². The van der Waals surface area contributed by atoms with Crippen molar-refractivity contribution in [3.63, 3.8) is 0 Å². The van der Waals surface area contributed by atoms with Crippen molar-refractivity contribution in [2.24, 2.45) is 0 Å². The topological polar surface area (TPSA) is 141 Å². The van der Waals surface area contributed by atoms with Crippen molar-refractivity contribution >= 4 is 15.8 Å². The van der Waals surface area contributed by atoms with Gasteiger partial charge in [0.2, 0.25) is 0 Å². The van der Waals surface area contributed by atoms with Gasteiger partial charge in [-0.15, -0.1) is 0 Å². The number of aromatic hydroxyl groups is 3. The highest BCUT2D eigenvalue weighted by atomic mass is 32.2. The fourth-order valence-corrected chi connectivity index (χ4v) is 2.52. The van der Waals surface area contributed by atoms with Crippen molar-refractivity contribution in [3.05, 3.63) is 30.3 Å². The molecule has 2 aromatic carbocycles. The minimum absolute atomic E-state index is 0.166. The average molecular weight is 297 g/mol. The molecule has 0 amide bonds. The van der Waals surface area contributed by atoms with E-state index in [1.54, 1.807) is 0 Å². The first kappa shape index (κ1) is 14.0. The summed E-state index contributed by atoms with van der Waals surface area (Å²) < 4.78 is 31.8. The van der Waals surface area contributed by atoms with Crippen LogP contribution in [-0.4, -0.2) is 28.3 Å². The summed E-state index contributed by atoms with van der Waals surface area (Å²) in [4.78, 5) is -0.525. The maximum Gasteiger partial charge on any atom is 0.295 e. The van der Waals surface area contributed by atoms with Gasteiger partial charge >= 0.3 is 0 Å². The van der Waals surface area contributed by atoms with Crippen LogP contribution in [0.5, 0.6) is 17.2 Å². The third kappa shape index (κ3) is 2.46. The summed E-state index contributed by atoms with van der Waals surface area (Å²) in [6, 6.07) is 5.32. The summed E-state index contributed by atoms with van der Waals surface area (Å²) in [6.07, 6.45) is 0. The molecule has 0 radical (unpaired) electrons. The van der Waals surface area contributed by atoms with Crippen LogP contribution in [0, 0.1) is 0 Å². The van der Waals surface area contributed by atoms with Crippen LogP contribution in [-0.2, 0) is 10.1 Å². The zero-order chi connectivity index (χ0) is 15.1. The third-order valence-electron chi connectivity index (χ3n) is 2.63. The van der Waals surface area contributed by atoms with Crippen LogP contribution in [0.25, 0.3) is 11.1 Å². The van der Waals surface area contributed by atoms with Gasteiger partial charge in [-0.2, -0.15) is 8.42 Å². The zero-order valence-corrected chi connectivity index (χ0v) is 10.8. The number of nitrogens with two attached hydrogens (primary N) is 1. The molecule has 7 nitrogen and oxygen atoms in total. The number of anilines is 1. The fourth-order valence-electron chi connectivity index (χ4n) is 1.84. The van der Waals surface area contributed by atoms with E-state index in [9.17, 15) is 28.3 Å². The molecule has 8 heteroatoms. The summed E-state index contributed by atoms with van der Waals surface area (Å²) >= 11 is 0. The summed E-state index contributed by atoms with van der Waals surface area (Å²) in [6.45, 7) is 0. The molecule has 20 heavy (non-hydrogen) atoms. The Morgan fingerprint density at radius 2 is 1.50 bits per heavy atom. The van der Waals surface area contributed by atoms with Gasteiger partial charge in [0.1, 0.15) is 22.1 Å². The summed E-state index contributed by atoms with van der Waals surface area (Å²) in [5, 5.41) is 28.8. The molecule has 0 bridgehead atoms. The second-order valence-corrected chi connectivity index (χ2v) is 5.48. The predicted molar refractivity (Wildman–Crippen MR) is 71.1 cm³/mol. The van der Waals surface area contributed by atoms with E-state index in [-0.39, 0.29) is 16.8 Å². The van der Waals surface area contributed by atoms with Crippen molar-refractivity contribution in [1.82, 2.24) is 0 Å². The Bertz CT molecular complexity index is 762. The van der Waals surface area contributed by atoms with Crippen LogP contribution >= 0.6 is 0 Å². The van der Waals surface area contributed by atoms with Crippen molar-refractivity contribution in [2.45, 2.75) is 4.90 Å². The molecule has 0 saturated carbocycles. The molecule has 0 fully saturated rings. The Kier molecular flexibility index (Phi) is 3.20. The zero-order valence-electron chi connectivity index (χ0n) is 9.98. The van der Waals surface area contributed by atoms with E-state index >= 15 is 0 Å². The van der Waals surface area contributed by atoms with Crippen LogP contribution in [0.15, 0.2) is 35.2 Å². The van der Waals surface area contributed by atoms with Crippen molar-refractivity contribution in [2.75, 3.05) is 5.73 Å². The van der Waals surface area contributed by atoms with Crippen LogP contribution in [0.2, 0.25) is 0 Å². The van der Waals surface area contributed by atoms with Crippen molar-refractivity contribution < 1.29 is 28.3 Å². The number of benzene rings is 2. The lowest BCUT2D eigenvalue weighted by Crippen LogP contribution is -2.02. The average Bonchev–Trinajstić information content (AvgIpc) is 2.25. The first-order valence-corrected chi connectivity index (χ1v) is 6.76. The molecule has 6 N–H and O–H groups in total. The largest absolute Gasteiger partial charge is 0.508 e. The molecule has 2 aromatic rings. The molecule has 0 aromatic heterocycles. The van der Waals surface area contributed by atoms with Gasteiger partial charge in [0.05, 0.1) is 5.56 Å². The molecule has 0 heterocycles. The second-order valence-electron chi connectivity index (χ2n) is 4.09. The van der Waals surface area contributed by atoms with Crippen LogP contribution in [0.3, 0.4) is 0 Å². The lowest BCUT2D eigenvalue weighted by molar-refractivity contribution is 0.430. The first-order valence-electron chi connectivity index (χ1n) is 5.32. The summed E-state index contributed by atoms with van der Waals surface area (Å²) in [7, 11) is -4.58. The maximum absolute atomic E-state index is 11.3. The highest BCUT2D eigenvalue weighted by Gasteiger charge is 2.22. The lowest BCUT2D eigenvalue weighted by atomic mass is 10.0. The molecule has 106 valence electrons. The van der Waals surface area contributed by atoms with E-state index in [1.165, 1.54) is 12.1 Å². The van der Waals surface area contributed by atoms with Gasteiger partial charge in [-0.3, -0.25) is 4.55 Å². The predicted octanol–water partition coefficient (Wildman–Crippen LogP) is 1.30. The van der Waals surface area contributed by atoms with Crippen LogP contribution in [0.4, 0.5) is 5.69 Å². The van der Waals surface area contributed by atoms with E-state index in [0.717, 1.165) is 18.2 Å². The van der Waals surface area contributed by atoms with E-state index < -0.39 is 32.3 Å². The van der Waals surface area contributed by atoms with Gasteiger partial charge in [-0.05, 0) is 18.2 Å². The lowest BCUT2D eigenvalue weighted by Gasteiger charge is -2.12. The minimum Gasteiger partial charge on any atom is -0.508 e. The number of hydrogen-bond donors (Lipinski definition) is 5. The Morgan fingerprint density at radius 1 is 0.950 bits per heavy atom. The summed E-state index contributed by atoms with van der Waals surface area (Å²) in [5.41, 5.74) is 5.28. The van der Waals surface area contributed by atoms with Gasteiger partial charge in [0.15, 0.2) is 0 Å². The highest BCUT2D eigenvalue weighted by Crippen LogP contribution is 2.43. The molecule has 0 spiro atoms. The fraction of sp³-hybridized carbons (Fsp3) is 0. The normalized spacial score (nSPS) is 11.4. The van der Waals surface area contributed by atoms with E-state index in [4.69, 9.17) is 5.73 Å². The van der Waals surface area contributed by atoms with Crippen molar-refractivity contribution in [1.29, 1.82) is 0 Å². The molecule has 0 unspecified atom stereocenters. The van der Waals surface area contributed by atoms with Crippen molar-refractivity contribution in [3.8, 4) is 28.4 Å². The van der Waals surface area contributed by atoms with Gasteiger partial charge in [-0.25, -0.2) is 0 Å². The monoisotopic (exact) mass is 297 g/mol. The molecular weight excluding hydrogens is 286 g/mol. The van der Waals surface area contributed by atoms with Crippen LogP contribution in [0.1, 0.15) is 0 Å². The molecular formula is C12H11NO6S. The Balaban J connectivity index is 2.86. The van der Waals surface area contributed by atoms with E-state index in [2.05, 4.69) is 0 Å². The molecule has 0 aliphatic carbocycles. The Labute approximate surface area is 114 Å². The maximum atomic E-state index is 11.3. The minimum atomic E-state index is -4.58. The summed E-state index contributed by atoms with van der Waals surface area (Å²) in [5.74, 6) is -1.52. The highest BCUT2D eigenvalue weighted by molar-refractivity contribution is 7.86. The standard InChI is InChI=1S/C12H11NO6S/c13-6-1-2-11(20(17,18)19)8(3-6)12-9(15)4-7(14)5-10(12)16/h1-5,14-16H,13H2,(H,17,18,19). The first-order chi connectivity index (χ1) is 9.20. The molecule has 0 saturated heterocycles. The van der Waals surface area contributed by atoms with Gasteiger partial charge in [-0.1, -0.05) is 0 Å². The molecule has 2 rings (SSSR count). The third-order valence-corrected chi connectivity index (χ3v) is 3.54. The number of phenols is 3. The van der Waals surface area contributed by atoms with Gasteiger partial charge in [0.25, 0.3) is 10.1 Å². The molecule has 0 aliphatic rings. The Morgan fingerprint density at radius 3 is 2.00 bits per heavy atom. The van der Waals surface area contributed by atoms with Gasteiger partial charge in [0, 0.05) is 23.4 Å². The Hall–Kier alpha value is -2.45. The molecule has 0 aliphatic heterocycles. The van der Waals surface area contributed by atoms with Crippen LogP contribution < -0.4 is 5.73 Å². The number of nitrogen functional groups attached to an aromatic ring is 1. The second kappa shape index (κ2) is 4.58. The number of hydrogen-bond acceptors (Lipinski definition) is 6. The number of rotatable bonds is 2. The van der Waals surface area contributed by atoms with E-state index in [1.807, 2.05) is 0 Å². The molecule has 0 atom stereocenters. The SMILES string of the molecule is Nc1ccc(S(=O)(=O)O)c(-c2c(O)cc(O)cc2O)c1.